The van der Waals surface area contributed by atoms with E-state index in [1.54, 1.807) is 0 Å². The highest BCUT2D eigenvalue weighted by Gasteiger charge is 2.33. The highest BCUT2D eigenvalue weighted by Crippen LogP contribution is 2.30. The summed E-state index contributed by atoms with van der Waals surface area (Å²) in [5, 5.41) is 7.07. The molecule has 1 aliphatic rings. The topological polar surface area (TPSA) is 41.1 Å². The van der Waals surface area contributed by atoms with Crippen molar-refractivity contribution in [3.63, 3.8) is 0 Å². The highest BCUT2D eigenvalue weighted by molar-refractivity contribution is 6.31. The van der Waals surface area contributed by atoms with Gasteiger partial charge in [0.1, 0.15) is 0 Å². The molecule has 1 aliphatic heterocycles. The molecule has 1 atom stereocenters. The predicted octanol–water partition coefficient (Wildman–Crippen LogP) is 2.49. The maximum atomic E-state index is 12.5. The lowest BCUT2D eigenvalue weighted by atomic mass is 9.83. The van der Waals surface area contributed by atoms with Crippen molar-refractivity contribution in [1.29, 1.82) is 0 Å². The number of benzene rings is 1. The second-order valence-corrected chi connectivity index (χ2v) is 6.03. The number of halogens is 1. The summed E-state index contributed by atoms with van der Waals surface area (Å²) >= 11 is 6.20. The first-order chi connectivity index (χ1) is 9.01. The Morgan fingerprint density at radius 1 is 1.42 bits per heavy atom. The second-order valence-electron chi connectivity index (χ2n) is 5.62. The Bertz CT molecular complexity index is 453. The van der Waals surface area contributed by atoms with E-state index in [-0.39, 0.29) is 11.9 Å². The van der Waals surface area contributed by atoms with Crippen LogP contribution in [0.1, 0.15) is 32.3 Å². The van der Waals surface area contributed by atoms with Crippen molar-refractivity contribution in [2.24, 2.45) is 0 Å². The summed E-state index contributed by atoms with van der Waals surface area (Å²) in [4.78, 5) is 12.5. The predicted molar refractivity (Wildman–Crippen MR) is 78.5 cm³/mol. The monoisotopic (exact) mass is 280 g/mol. The summed E-state index contributed by atoms with van der Waals surface area (Å²) in [7, 11) is 0. The Balaban J connectivity index is 2.10. The zero-order valence-electron chi connectivity index (χ0n) is 11.5. The second kappa shape index (κ2) is 5.93. The van der Waals surface area contributed by atoms with Gasteiger partial charge in [0.15, 0.2) is 0 Å². The molecular formula is C15H21ClN2O. The molecule has 1 heterocycles. The lowest BCUT2D eigenvalue weighted by Crippen LogP contribution is -2.50. The van der Waals surface area contributed by atoms with E-state index < -0.39 is 5.41 Å². The summed E-state index contributed by atoms with van der Waals surface area (Å²) in [6.07, 6.45) is 2.15. The van der Waals surface area contributed by atoms with E-state index in [0.29, 0.717) is 5.02 Å². The molecule has 0 aliphatic carbocycles. The van der Waals surface area contributed by atoms with Gasteiger partial charge < -0.3 is 10.6 Å². The summed E-state index contributed by atoms with van der Waals surface area (Å²) in [5.74, 6) is 0.0364. The van der Waals surface area contributed by atoms with Crippen molar-refractivity contribution in [3.05, 3.63) is 34.9 Å². The smallest absolute Gasteiger partial charge is 0.230 e. The molecule has 1 unspecified atom stereocenters. The molecule has 0 radical (unpaired) electrons. The third kappa shape index (κ3) is 3.28. The molecule has 1 aromatic rings. The highest BCUT2D eigenvalue weighted by atomic mass is 35.5. The molecule has 2 N–H and O–H groups in total. The number of nitrogens with one attached hydrogen (secondary N) is 2. The minimum absolute atomic E-state index is 0.0364. The van der Waals surface area contributed by atoms with Gasteiger partial charge in [0, 0.05) is 17.6 Å². The van der Waals surface area contributed by atoms with Crippen LogP contribution in [-0.4, -0.2) is 25.0 Å². The molecule has 1 fully saturated rings. The quantitative estimate of drug-likeness (QED) is 0.893. The van der Waals surface area contributed by atoms with Crippen molar-refractivity contribution in [3.8, 4) is 0 Å². The molecule has 0 saturated carbocycles. The van der Waals surface area contributed by atoms with Gasteiger partial charge in [0.2, 0.25) is 5.91 Å². The third-order valence-electron chi connectivity index (χ3n) is 3.75. The van der Waals surface area contributed by atoms with Crippen LogP contribution in [-0.2, 0) is 10.2 Å². The van der Waals surface area contributed by atoms with Crippen LogP contribution in [0.4, 0.5) is 0 Å². The molecule has 4 heteroatoms. The summed E-state index contributed by atoms with van der Waals surface area (Å²) in [6.45, 7) is 5.73. The van der Waals surface area contributed by atoms with Crippen LogP contribution in [0.2, 0.25) is 5.02 Å². The van der Waals surface area contributed by atoms with Gasteiger partial charge in [-0.3, -0.25) is 4.79 Å². The van der Waals surface area contributed by atoms with E-state index >= 15 is 0 Å². The molecule has 1 amide bonds. The van der Waals surface area contributed by atoms with Crippen molar-refractivity contribution >= 4 is 17.5 Å². The Morgan fingerprint density at radius 2 is 2.16 bits per heavy atom. The molecule has 1 aromatic carbocycles. The van der Waals surface area contributed by atoms with Crippen LogP contribution in [0, 0.1) is 0 Å². The molecule has 0 spiro atoms. The number of hydrogen-bond acceptors (Lipinski definition) is 2. The minimum Gasteiger partial charge on any atom is -0.351 e. The van der Waals surface area contributed by atoms with Crippen LogP contribution in [0.3, 0.4) is 0 Å². The summed E-state index contributed by atoms with van der Waals surface area (Å²) in [6, 6.07) is 7.77. The molecule has 3 nitrogen and oxygen atoms in total. The first-order valence-electron chi connectivity index (χ1n) is 6.78. The van der Waals surface area contributed by atoms with Gasteiger partial charge in [-0.1, -0.05) is 29.8 Å². The molecule has 1 saturated heterocycles. The number of hydrogen-bond donors (Lipinski definition) is 2. The number of amides is 1. The van der Waals surface area contributed by atoms with Crippen molar-refractivity contribution in [2.45, 2.75) is 38.1 Å². The number of carbonyl (C=O) groups is 1. The average molecular weight is 281 g/mol. The van der Waals surface area contributed by atoms with E-state index in [9.17, 15) is 4.79 Å². The maximum absolute atomic E-state index is 12.5. The largest absolute Gasteiger partial charge is 0.351 e. The average Bonchev–Trinajstić information content (AvgIpc) is 2.40. The molecular weight excluding hydrogens is 260 g/mol. The molecule has 2 rings (SSSR count). The van der Waals surface area contributed by atoms with Gasteiger partial charge in [0.05, 0.1) is 5.41 Å². The number of rotatable bonds is 3. The van der Waals surface area contributed by atoms with Crippen molar-refractivity contribution in [1.82, 2.24) is 10.6 Å². The minimum atomic E-state index is -0.615. The van der Waals surface area contributed by atoms with Crippen LogP contribution in [0.25, 0.3) is 0 Å². The maximum Gasteiger partial charge on any atom is 0.230 e. The zero-order chi connectivity index (χ0) is 13.9. The fraction of sp³-hybridized carbons (Fsp3) is 0.533. The lowest BCUT2D eigenvalue weighted by molar-refractivity contribution is -0.126. The standard InChI is InChI=1S/C15H21ClN2O/c1-15(2,12-7-3-4-8-13(12)16)14(19)18-11-6-5-9-17-10-11/h3-4,7-8,11,17H,5-6,9-10H2,1-2H3,(H,18,19). The molecule has 19 heavy (non-hydrogen) atoms. The van der Waals surface area contributed by atoms with Gasteiger partial charge in [-0.15, -0.1) is 0 Å². The van der Waals surface area contributed by atoms with E-state index in [2.05, 4.69) is 10.6 Å². The van der Waals surface area contributed by atoms with Crippen LogP contribution >= 0.6 is 11.6 Å². The Hall–Kier alpha value is -1.06. The van der Waals surface area contributed by atoms with Crippen LogP contribution in [0.15, 0.2) is 24.3 Å². The number of carbonyl (C=O) groups excluding carboxylic acids is 1. The fourth-order valence-corrected chi connectivity index (χ4v) is 2.80. The normalized spacial score (nSPS) is 20.1. The van der Waals surface area contributed by atoms with Gasteiger partial charge in [0.25, 0.3) is 0 Å². The Morgan fingerprint density at radius 3 is 2.79 bits per heavy atom. The molecule has 0 bridgehead atoms. The Kier molecular flexibility index (Phi) is 4.48. The SMILES string of the molecule is CC(C)(C(=O)NC1CCCNC1)c1ccccc1Cl. The molecule has 104 valence electrons. The summed E-state index contributed by atoms with van der Waals surface area (Å²) in [5.41, 5.74) is 0.258. The lowest BCUT2D eigenvalue weighted by Gasteiger charge is -2.30. The van der Waals surface area contributed by atoms with Gasteiger partial charge in [-0.05, 0) is 44.9 Å². The van der Waals surface area contributed by atoms with E-state index in [1.807, 2.05) is 38.1 Å². The van der Waals surface area contributed by atoms with Crippen LogP contribution < -0.4 is 10.6 Å². The van der Waals surface area contributed by atoms with Crippen molar-refractivity contribution in [2.75, 3.05) is 13.1 Å². The first-order valence-corrected chi connectivity index (χ1v) is 7.16. The first kappa shape index (κ1) is 14.4. The third-order valence-corrected chi connectivity index (χ3v) is 4.08. The van der Waals surface area contributed by atoms with Gasteiger partial charge >= 0.3 is 0 Å². The van der Waals surface area contributed by atoms with Crippen LogP contribution in [0.5, 0.6) is 0 Å². The number of piperidine rings is 1. The van der Waals surface area contributed by atoms with Gasteiger partial charge in [-0.25, -0.2) is 0 Å². The fourth-order valence-electron chi connectivity index (χ4n) is 2.43. The molecule has 0 aromatic heterocycles. The van der Waals surface area contributed by atoms with E-state index in [1.165, 1.54) is 0 Å². The zero-order valence-corrected chi connectivity index (χ0v) is 12.3. The van der Waals surface area contributed by atoms with E-state index in [0.717, 1.165) is 31.5 Å². The van der Waals surface area contributed by atoms with Crippen molar-refractivity contribution < 1.29 is 4.79 Å². The van der Waals surface area contributed by atoms with Gasteiger partial charge in [-0.2, -0.15) is 0 Å². The van der Waals surface area contributed by atoms with E-state index in [4.69, 9.17) is 11.6 Å². The Labute approximate surface area is 119 Å². The summed E-state index contributed by atoms with van der Waals surface area (Å²) < 4.78 is 0.